The zero-order valence-corrected chi connectivity index (χ0v) is 13.8. The second-order valence-electron chi connectivity index (χ2n) is 6.08. The molecule has 23 heavy (non-hydrogen) atoms. The Morgan fingerprint density at radius 1 is 1.39 bits per heavy atom. The maximum atomic E-state index is 12.6. The molecule has 2 atom stereocenters. The first-order valence-corrected chi connectivity index (χ1v) is 7.91. The van der Waals surface area contributed by atoms with Crippen molar-refractivity contribution < 1.29 is 9.53 Å². The monoisotopic (exact) mass is 317 g/mol. The maximum absolute atomic E-state index is 12.6. The van der Waals surface area contributed by atoms with Gasteiger partial charge in [-0.1, -0.05) is 0 Å². The quantitative estimate of drug-likeness (QED) is 0.921. The summed E-state index contributed by atoms with van der Waals surface area (Å²) in [5.74, 6) is -0.147. The first-order chi connectivity index (χ1) is 11.1. The molecule has 0 spiro atoms. The van der Waals surface area contributed by atoms with Crippen molar-refractivity contribution in [2.24, 2.45) is 20.0 Å². The molecule has 1 amide bonds. The van der Waals surface area contributed by atoms with Crippen molar-refractivity contribution in [1.82, 2.24) is 24.9 Å². The Hall–Kier alpha value is -2.15. The second kappa shape index (κ2) is 6.54. The van der Waals surface area contributed by atoms with Gasteiger partial charge < -0.3 is 10.1 Å². The molecule has 0 bridgehead atoms. The molecule has 0 radical (unpaired) electrons. The van der Waals surface area contributed by atoms with Gasteiger partial charge in [-0.15, -0.1) is 0 Å². The SMILES string of the molecule is Cc1c(CNC(=O)[C@@H]2CCCO[C@H]2c2cnn(C)c2)cnn1C. The van der Waals surface area contributed by atoms with E-state index in [0.29, 0.717) is 13.2 Å². The van der Waals surface area contributed by atoms with Crippen LogP contribution in [-0.2, 0) is 30.2 Å². The van der Waals surface area contributed by atoms with Gasteiger partial charge in [0.05, 0.1) is 24.4 Å². The fourth-order valence-electron chi connectivity index (χ4n) is 3.00. The molecule has 3 rings (SSSR count). The zero-order valence-electron chi connectivity index (χ0n) is 13.8. The highest BCUT2D eigenvalue weighted by molar-refractivity contribution is 5.79. The van der Waals surface area contributed by atoms with Crippen molar-refractivity contribution in [2.45, 2.75) is 32.4 Å². The molecule has 0 saturated carbocycles. The summed E-state index contributed by atoms with van der Waals surface area (Å²) in [5.41, 5.74) is 3.06. The standard InChI is InChI=1S/C16H23N5O2/c1-11-12(8-19-21(11)3)7-17-16(22)14-5-4-6-23-15(14)13-9-18-20(2)10-13/h8-10,14-15H,4-7H2,1-3H3,(H,17,22)/t14-,15+/m1/s1. The molecule has 1 aliphatic rings. The molecule has 124 valence electrons. The Labute approximate surface area is 135 Å². The fourth-order valence-corrected chi connectivity index (χ4v) is 3.00. The van der Waals surface area contributed by atoms with E-state index < -0.39 is 0 Å². The van der Waals surface area contributed by atoms with E-state index >= 15 is 0 Å². The summed E-state index contributed by atoms with van der Waals surface area (Å²) in [7, 11) is 3.76. The number of nitrogens with zero attached hydrogens (tertiary/aromatic N) is 4. The van der Waals surface area contributed by atoms with Crippen molar-refractivity contribution in [1.29, 1.82) is 0 Å². The third kappa shape index (κ3) is 3.29. The van der Waals surface area contributed by atoms with Crippen LogP contribution in [0.3, 0.4) is 0 Å². The largest absolute Gasteiger partial charge is 0.373 e. The fraction of sp³-hybridized carbons (Fsp3) is 0.562. The number of nitrogens with one attached hydrogen (secondary N) is 1. The molecule has 1 aliphatic heterocycles. The Kier molecular flexibility index (Phi) is 4.47. The first kappa shape index (κ1) is 15.7. The summed E-state index contributed by atoms with van der Waals surface area (Å²) in [5, 5.41) is 11.4. The molecule has 0 unspecified atom stereocenters. The van der Waals surface area contributed by atoms with E-state index in [1.54, 1.807) is 17.1 Å². The minimum Gasteiger partial charge on any atom is -0.373 e. The highest BCUT2D eigenvalue weighted by Gasteiger charge is 2.33. The van der Waals surface area contributed by atoms with Gasteiger partial charge in [0.2, 0.25) is 5.91 Å². The average molecular weight is 317 g/mol. The van der Waals surface area contributed by atoms with Crippen molar-refractivity contribution >= 4 is 5.91 Å². The van der Waals surface area contributed by atoms with Crippen LogP contribution in [0.1, 0.15) is 35.8 Å². The summed E-state index contributed by atoms with van der Waals surface area (Å²) in [6.45, 7) is 3.18. The maximum Gasteiger partial charge on any atom is 0.226 e. The lowest BCUT2D eigenvalue weighted by atomic mass is 9.90. The lowest BCUT2D eigenvalue weighted by Crippen LogP contribution is -2.37. The van der Waals surface area contributed by atoms with Crippen LogP contribution in [0.4, 0.5) is 0 Å². The smallest absolute Gasteiger partial charge is 0.226 e. The predicted octanol–water partition coefficient (Wildman–Crippen LogP) is 1.25. The van der Waals surface area contributed by atoms with Crippen molar-refractivity contribution in [3.8, 4) is 0 Å². The normalized spacial score (nSPS) is 21.3. The van der Waals surface area contributed by atoms with Crippen LogP contribution in [0.5, 0.6) is 0 Å². The van der Waals surface area contributed by atoms with Gasteiger partial charge in [0.15, 0.2) is 0 Å². The van der Waals surface area contributed by atoms with Crippen molar-refractivity contribution in [2.75, 3.05) is 6.61 Å². The van der Waals surface area contributed by atoms with E-state index in [9.17, 15) is 4.79 Å². The van der Waals surface area contributed by atoms with Crippen molar-refractivity contribution in [3.05, 3.63) is 35.4 Å². The molecular weight excluding hydrogens is 294 g/mol. The average Bonchev–Trinajstić information content (AvgIpc) is 3.12. The van der Waals surface area contributed by atoms with Gasteiger partial charge in [0.25, 0.3) is 0 Å². The van der Waals surface area contributed by atoms with Crippen LogP contribution in [0.2, 0.25) is 0 Å². The molecule has 1 saturated heterocycles. The minimum atomic E-state index is -0.215. The number of carbonyl (C=O) groups excluding carboxylic acids is 1. The third-order valence-electron chi connectivity index (χ3n) is 4.50. The Morgan fingerprint density at radius 2 is 2.22 bits per heavy atom. The van der Waals surface area contributed by atoms with E-state index in [1.807, 2.05) is 31.9 Å². The molecular formula is C16H23N5O2. The Bertz CT molecular complexity index is 690. The molecule has 0 aliphatic carbocycles. The van der Waals surface area contributed by atoms with Gasteiger partial charge in [-0.25, -0.2) is 0 Å². The summed E-state index contributed by atoms with van der Waals surface area (Å²) in [4.78, 5) is 12.6. The van der Waals surface area contributed by atoms with Crippen LogP contribution in [0, 0.1) is 12.8 Å². The van der Waals surface area contributed by atoms with Gasteiger partial charge in [0.1, 0.15) is 0 Å². The molecule has 3 heterocycles. The van der Waals surface area contributed by atoms with Gasteiger partial charge in [-0.05, 0) is 19.8 Å². The lowest BCUT2D eigenvalue weighted by molar-refractivity contribution is -0.134. The van der Waals surface area contributed by atoms with E-state index in [-0.39, 0.29) is 17.9 Å². The number of ether oxygens (including phenoxy) is 1. The van der Waals surface area contributed by atoms with Gasteiger partial charge in [-0.3, -0.25) is 14.2 Å². The number of hydrogen-bond donors (Lipinski definition) is 1. The molecule has 2 aromatic rings. The molecule has 2 aromatic heterocycles. The van der Waals surface area contributed by atoms with Crippen LogP contribution < -0.4 is 5.32 Å². The number of amides is 1. The van der Waals surface area contributed by atoms with E-state index in [1.165, 1.54) is 0 Å². The van der Waals surface area contributed by atoms with Gasteiger partial charge in [-0.2, -0.15) is 10.2 Å². The molecule has 1 N–H and O–H groups in total. The highest BCUT2D eigenvalue weighted by atomic mass is 16.5. The van der Waals surface area contributed by atoms with Crippen LogP contribution in [0.25, 0.3) is 0 Å². The number of carbonyl (C=O) groups is 1. The molecule has 1 fully saturated rings. The topological polar surface area (TPSA) is 74.0 Å². The Morgan fingerprint density at radius 3 is 2.87 bits per heavy atom. The second-order valence-corrected chi connectivity index (χ2v) is 6.08. The van der Waals surface area contributed by atoms with E-state index in [4.69, 9.17) is 4.74 Å². The van der Waals surface area contributed by atoms with Gasteiger partial charge in [0, 0.05) is 50.3 Å². The van der Waals surface area contributed by atoms with E-state index in [2.05, 4.69) is 15.5 Å². The van der Waals surface area contributed by atoms with E-state index in [0.717, 1.165) is 29.7 Å². The highest BCUT2D eigenvalue weighted by Crippen LogP contribution is 2.33. The van der Waals surface area contributed by atoms with Crippen molar-refractivity contribution in [3.63, 3.8) is 0 Å². The number of aryl methyl sites for hydroxylation is 2. The van der Waals surface area contributed by atoms with Gasteiger partial charge >= 0.3 is 0 Å². The van der Waals surface area contributed by atoms with Crippen LogP contribution in [0.15, 0.2) is 18.6 Å². The first-order valence-electron chi connectivity index (χ1n) is 7.91. The zero-order chi connectivity index (χ0) is 16.4. The third-order valence-corrected chi connectivity index (χ3v) is 4.50. The number of hydrogen-bond acceptors (Lipinski definition) is 4. The summed E-state index contributed by atoms with van der Waals surface area (Å²) >= 11 is 0. The lowest BCUT2D eigenvalue weighted by Gasteiger charge is -2.30. The van der Waals surface area contributed by atoms with Crippen LogP contribution in [-0.4, -0.2) is 32.1 Å². The van der Waals surface area contributed by atoms with Crippen LogP contribution >= 0.6 is 0 Å². The molecule has 0 aromatic carbocycles. The molecule has 7 nitrogen and oxygen atoms in total. The summed E-state index contributed by atoms with van der Waals surface area (Å²) < 4.78 is 9.41. The number of aromatic nitrogens is 4. The summed E-state index contributed by atoms with van der Waals surface area (Å²) in [6.07, 6.45) is 7.01. The predicted molar refractivity (Wildman–Crippen MR) is 84.4 cm³/mol. The minimum absolute atomic E-state index is 0.0295. The Balaban J connectivity index is 1.68. The molecule has 7 heteroatoms. The summed E-state index contributed by atoms with van der Waals surface area (Å²) in [6, 6.07) is 0. The number of rotatable bonds is 4.